The van der Waals surface area contributed by atoms with E-state index >= 15 is 0 Å². The first-order valence-electron chi connectivity index (χ1n) is 3.38. The molecule has 1 saturated heterocycles. The van der Waals surface area contributed by atoms with Gasteiger partial charge in [0.05, 0.1) is 6.61 Å². The zero-order chi connectivity index (χ0) is 6.69. The van der Waals surface area contributed by atoms with Crippen molar-refractivity contribution in [3.63, 3.8) is 0 Å². The molecule has 3 heteroatoms. The summed E-state index contributed by atoms with van der Waals surface area (Å²) in [5, 5.41) is 0. The average molecular weight is 130 g/mol. The predicted molar refractivity (Wildman–Crippen MR) is 35.7 cm³/mol. The van der Waals surface area contributed by atoms with E-state index in [2.05, 4.69) is 12.3 Å². The van der Waals surface area contributed by atoms with E-state index in [-0.39, 0.29) is 0 Å². The van der Waals surface area contributed by atoms with Gasteiger partial charge in [-0.25, -0.2) is 0 Å². The summed E-state index contributed by atoms with van der Waals surface area (Å²) in [6, 6.07) is 0.360. The molecule has 3 nitrogen and oxygen atoms in total. The van der Waals surface area contributed by atoms with Crippen molar-refractivity contribution in [2.75, 3.05) is 13.2 Å². The summed E-state index contributed by atoms with van der Waals surface area (Å²) < 4.78 is 5.20. The van der Waals surface area contributed by atoms with E-state index in [0.29, 0.717) is 12.0 Å². The lowest BCUT2D eigenvalue weighted by molar-refractivity contribution is 0.0417. The molecular formula is C6H14N2O. The van der Waals surface area contributed by atoms with Gasteiger partial charge in [-0.05, 0) is 12.3 Å². The van der Waals surface area contributed by atoms with Crippen molar-refractivity contribution in [1.82, 2.24) is 5.43 Å². The molecular weight excluding hydrogens is 116 g/mol. The second kappa shape index (κ2) is 3.15. The van der Waals surface area contributed by atoms with Gasteiger partial charge in [-0.15, -0.1) is 0 Å². The molecule has 1 aliphatic heterocycles. The van der Waals surface area contributed by atoms with Crippen molar-refractivity contribution < 1.29 is 4.74 Å². The minimum Gasteiger partial charge on any atom is -0.380 e. The quantitative estimate of drug-likeness (QED) is 0.384. The number of rotatable bonds is 1. The molecule has 2 atom stereocenters. The number of nitrogens with two attached hydrogens (primary N) is 1. The second-order valence-corrected chi connectivity index (χ2v) is 2.61. The molecule has 0 radical (unpaired) electrons. The Morgan fingerprint density at radius 1 is 1.67 bits per heavy atom. The van der Waals surface area contributed by atoms with Gasteiger partial charge < -0.3 is 4.74 Å². The van der Waals surface area contributed by atoms with Crippen LogP contribution in [-0.4, -0.2) is 19.3 Å². The fourth-order valence-electron chi connectivity index (χ4n) is 1.06. The lowest BCUT2D eigenvalue weighted by Crippen LogP contribution is -2.46. The van der Waals surface area contributed by atoms with Gasteiger partial charge in [0.1, 0.15) is 0 Å². The molecule has 0 aliphatic carbocycles. The van der Waals surface area contributed by atoms with Crippen molar-refractivity contribution in [2.24, 2.45) is 11.8 Å². The Hall–Kier alpha value is -0.120. The van der Waals surface area contributed by atoms with Crippen LogP contribution in [0.2, 0.25) is 0 Å². The van der Waals surface area contributed by atoms with Gasteiger partial charge in [-0.1, -0.05) is 6.92 Å². The molecule has 9 heavy (non-hydrogen) atoms. The van der Waals surface area contributed by atoms with E-state index in [1.807, 2.05) is 0 Å². The molecule has 0 aromatic heterocycles. The summed E-state index contributed by atoms with van der Waals surface area (Å²) in [6.45, 7) is 3.84. The van der Waals surface area contributed by atoms with Gasteiger partial charge in [0.15, 0.2) is 0 Å². The zero-order valence-corrected chi connectivity index (χ0v) is 5.76. The minimum atomic E-state index is 0.360. The highest BCUT2D eigenvalue weighted by Crippen LogP contribution is 2.12. The van der Waals surface area contributed by atoms with Crippen molar-refractivity contribution >= 4 is 0 Å². The molecule has 1 rings (SSSR count). The van der Waals surface area contributed by atoms with Crippen LogP contribution in [0.25, 0.3) is 0 Å². The first kappa shape index (κ1) is 6.99. The Balaban J connectivity index is 2.30. The third-order valence-electron chi connectivity index (χ3n) is 1.92. The Kier molecular flexibility index (Phi) is 2.45. The van der Waals surface area contributed by atoms with Crippen LogP contribution in [0.15, 0.2) is 0 Å². The number of hydrogen-bond donors (Lipinski definition) is 2. The van der Waals surface area contributed by atoms with Crippen LogP contribution in [0.1, 0.15) is 13.3 Å². The number of hydrogen-bond acceptors (Lipinski definition) is 3. The largest absolute Gasteiger partial charge is 0.380 e. The van der Waals surface area contributed by atoms with Crippen molar-refractivity contribution in [2.45, 2.75) is 19.4 Å². The number of ether oxygens (including phenoxy) is 1. The predicted octanol–water partition coefficient (Wildman–Crippen LogP) is -0.125. The van der Waals surface area contributed by atoms with Gasteiger partial charge in [0, 0.05) is 12.6 Å². The van der Waals surface area contributed by atoms with E-state index in [0.717, 1.165) is 19.6 Å². The fourth-order valence-corrected chi connectivity index (χ4v) is 1.06. The maximum Gasteiger partial charge on any atom is 0.0635 e. The molecule has 0 aromatic rings. The maximum absolute atomic E-state index is 5.26. The molecule has 0 aromatic carbocycles. The normalized spacial score (nSPS) is 36.7. The van der Waals surface area contributed by atoms with Crippen LogP contribution in [0.4, 0.5) is 0 Å². The fraction of sp³-hybridized carbons (Fsp3) is 1.00. The molecule has 0 spiro atoms. The van der Waals surface area contributed by atoms with Crippen LogP contribution >= 0.6 is 0 Å². The molecule has 1 heterocycles. The lowest BCUT2D eigenvalue weighted by atomic mass is 9.98. The first-order valence-corrected chi connectivity index (χ1v) is 3.38. The van der Waals surface area contributed by atoms with Gasteiger partial charge in [0.25, 0.3) is 0 Å². The highest BCUT2D eigenvalue weighted by atomic mass is 16.5. The Labute approximate surface area is 55.5 Å². The second-order valence-electron chi connectivity index (χ2n) is 2.61. The van der Waals surface area contributed by atoms with E-state index < -0.39 is 0 Å². The van der Waals surface area contributed by atoms with E-state index in [4.69, 9.17) is 10.6 Å². The monoisotopic (exact) mass is 130 g/mol. The Bertz CT molecular complexity index is 87.1. The average Bonchev–Trinajstić information content (AvgIpc) is 1.89. The smallest absolute Gasteiger partial charge is 0.0635 e. The van der Waals surface area contributed by atoms with Crippen LogP contribution < -0.4 is 11.3 Å². The Morgan fingerprint density at radius 2 is 2.44 bits per heavy atom. The molecule has 0 unspecified atom stereocenters. The molecule has 1 fully saturated rings. The molecule has 0 saturated carbocycles. The highest BCUT2D eigenvalue weighted by Gasteiger charge is 2.19. The topological polar surface area (TPSA) is 47.3 Å². The van der Waals surface area contributed by atoms with E-state index in [1.54, 1.807) is 0 Å². The van der Waals surface area contributed by atoms with Crippen molar-refractivity contribution in [3.8, 4) is 0 Å². The van der Waals surface area contributed by atoms with Crippen LogP contribution in [0.3, 0.4) is 0 Å². The minimum absolute atomic E-state index is 0.360. The Morgan fingerprint density at radius 3 is 2.89 bits per heavy atom. The number of nitrogens with one attached hydrogen (secondary N) is 1. The van der Waals surface area contributed by atoms with Crippen molar-refractivity contribution in [1.29, 1.82) is 0 Å². The summed E-state index contributed by atoms with van der Waals surface area (Å²) in [5.74, 6) is 5.92. The molecule has 3 N–H and O–H groups in total. The number of hydrazine groups is 1. The SMILES string of the molecule is C[C@@H]1CCOC[C@@H]1NN. The molecule has 0 bridgehead atoms. The third-order valence-corrected chi connectivity index (χ3v) is 1.92. The lowest BCUT2D eigenvalue weighted by Gasteiger charge is -2.27. The standard InChI is InChI=1S/C6H14N2O/c1-5-2-3-9-4-6(5)8-7/h5-6,8H,2-4,7H2,1H3/t5-,6+/m1/s1. The van der Waals surface area contributed by atoms with E-state index in [1.165, 1.54) is 0 Å². The van der Waals surface area contributed by atoms with Crippen LogP contribution in [0, 0.1) is 5.92 Å². The zero-order valence-electron chi connectivity index (χ0n) is 5.76. The van der Waals surface area contributed by atoms with Gasteiger partial charge >= 0.3 is 0 Å². The summed E-state index contributed by atoms with van der Waals surface area (Å²) in [4.78, 5) is 0. The van der Waals surface area contributed by atoms with Gasteiger partial charge in [-0.3, -0.25) is 11.3 Å². The van der Waals surface area contributed by atoms with Gasteiger partial charge in [-0.2, -0.15) is 0 Å². The maximum atomic E-state index is 5.26. The van der Waals surface area contributed by atoms with Crippen molar-refractivity contribution in [3.05, 3.63) is 0 Å². The molecule has 54 valence electrons. The van der Waals surface area contributed by atoms with Crippen LogP contribution in [0.5, 0.6) is 0 Å². The summed E-state index contributed by atoms with van der Waals surface area (Å²) in [5.41, 5.74) is 2.73. The molecule has 1 aliphatic rings. The first-order chi connectivity index (χ1) is 4.34. The molecule has 0 amide bonds. The summed E-state index contributed by atoms with van der Waals surface area (Å²) in [7, 11) is 0. The van der Waals surface area contributed by atoms with E-state index in [9.17, 15) is 0 Å². The highest BCUT2D eigenvalue weighted by molar-refractivity contribution is 4.73. The van der Waals surface area contributed by atoms with Crippen LogP contribution in [-0.2, 0) is 4.74 Å². The summed E-state index contributed by atoms with van der Waals surface area (Å²) in [6.07, 6.45) is 1.12. The summed E-state index contributed by atoms with van der Waals surface area (Å²) >= 11 is 0. The third kappa shape index (κ3) is 1.64. The van der Waals surface area contributed by atoms with Gasteiger partial charge in [0.2, 0.25) is 0 Å².